The van der Waals surface area contributed by atoms with Crippen molar-refractivity contribution < 1.29 is 27.9 Å². The first-order valence-corrected chi connectivity index (χ1v) is 17.3. The van der Waals surface area contributed by atoms with Gasteiger partial charge in [-0.15, -0.1) is 0 Å². The lowest BCUT2D eigenvalue weighted by Gasteiger charge is -2.48. The summed E-state index contributed by atoms with van der Waals surface area (Å²) < 4.78 is 35.6. The third-order valence-corrected chi connectivity index (χ3v) is 10.8. The summed E-state index contributed by atoms with van der Waals surface area (Å²) in [7, 11) is 0. The average Bonchev–Trinajstić information content (AvgIpc) is 3.70. The average molecular weight is 681 g/mol. The molecule has 44 heavy (non-hydrogen) atoms. The summed E-state index contributed by atoms with van der Waals surface area (Å²) >= 11 is 17.1. The Balaban J connectivity index is 1.08. The lowest BCUT2D eigenvalue weighted by atomic mass is 9.60. The van der Waals surface area contributed by atoms with E-state index in [9.17, 15) is 18.7 Å². The first kappa shape index (κ1) is 31.8. The number of nitrogens with one attached hydrogen (secondary N) is 1. The molecule has 0 spiro atoms. The molecule has 1 aromatic heterocycles. The highest BCUT2D eigenvalue weighted by atomic mass is 35.5. The number of hydrogen-bond acceptors (Lipinski definition) is 7. The van der Waals surface area contributed by atoms with Crippen LogP contribution in [0.25, 0.3) is 11.3 Å². The third-order valence-electron chi connectivity index (χ3n) is 9.47. The predicted octanol–water partition coefficient (Wildman–Crippen LogP) is 7.85. The van der Waals surface area contributed by atoms with Gasteiger partial charge in [0.15, 0.2) is 0 Å². The van der Waals surface area contributed by atoms with Crippen molar-refractivity contribution in [1.29, 1.82) is 0 Å². The molecule has 3 aliphatic carbocycles. The second-order valence-corrected chi connectivity index (χ2v) is 14.3. The van der Waals surface area contributed by atoms with E-state index < -0.39 is 22.8 Å². The van der Waals surface area contributed by atoms with E-state index >= 15 is 0 Å². The van der Waals surface area contributed by atoms with Crippen LogP contribution in [0.3, 0.4) is 0 Å². The van der Waals surface area contributed by atoms with Crippen LogP contribution >= 0.6 is 34.8 Å². The molecule has 2 aromatic carbocycles. The summed E-state index contributed by atoms with van der Waals surface area (Å²) in [5, 5.41) is 17.2. The van der Waals surface area contributed by atoms with Gasteiger partial charge in [0.25, 0.3) is 0 Å². The molecule has 3 saturated carbocycles. The fourth-order valence-corrected chi connectivity index (χ4v) is 8.22. The number of carbonyl (C=O) groups is 1. The van der Waals surface area contributed by atoms with Gasteiger partial charge in [-0.1, -0.05) is 77.8 Å². The summed E-state index contributed by atoms with van der Waals surface area (Å²) in [6, 6.07) is 10.7. The van der Waals surface area contributed by atoms with Crippen LogP contribution in [0.4, 0.5) is 0 Å². The minimum atomic E-state index is -2.57. The van der Waals surface area contributed by atoms with Crippen LogP contribution in [0.2, 0.25) is 15.1 Å². The van der Waals surface area contributed by atoms with Gasteiger partial charge in [0, 0.05) is 34.2 Å². The quantitative estimate of drug-likeness (QED) is 0.221. The Kier molecular flexibility index (Phi) is 9.62. The lowest BCUT2D eigenvalue weighted by Crippen LogP contribution is -2.44. The van der Waals surface area contributed by atoms with Crippen LogP contribution in [0.1, 0.15) is 87.0 Å². The number of amides is 1. The standard InChI is InChI=1S/C32H35Cl3N2O6S/c33-25-8-3-9-26(34)28(25)29-23(30(43-36-29)19-10-11-19)17-42-22-12-13-24(27(35)14-22)32(39)15-21(16-32)18-4-1-6-20(7-2-5-18)31(38)37-44(40)41/h3,8-9,12-14,18-21,39H,1-2,4-7,10-11,15-17H2,(H,37,38)(H,40,41)/p-1. The first-order chi connectivity index (χ1) is 21.1. The van der Waals surface area contributed by atoms with Gasteiger partial charge in [0.1, 0.15) is 23.8 Å². The fraction of sp³-hybridized carbons (Fsp3) is 0.500. The smallest absolute Gasteiger partial charge is 0.233 e. The van der Waals surface area contributed by atoms with Crippen molar-refractivity contribution in [2.75, 3.05) is 0 Å². The molecule has 3 aromatic rings. The van der Waals surface area contributed by atoms with Crippen LogP contribution in [0, 0.1) is 17.8 Å². The number of halogens is 3. The molecule has 0 bridgehead atoms. The molecule has 12 heteroatoms. The number of aromatic nitrogens is 1. The maximum absolute atomic E-state index is 12.1. The molecule has 8 nitrogen and oxygen atoms in total. The number of ether oxygens (including phenoxy) is 1. The monoisotopic (exact) mass is 679 g/mol. The largest absolute Gasteiger partial charge is 0.755 e. The van der Waals surface area contributed by atoms with Crippen molar-refractivity contribution in [3.8, 4) is 17.0 Å². The van der Waals surface area contributed by atoms with Gasteiger partial charge < -0.3 is 18.9 Å². The molecular formula is C32H34Cl3N2O6S-. The summed E-state index contributed by atoms with van der Waals surface area (Å²) in [6.45, 7) is 0.202. The van der Waals surface area contributed by atoms with E-state index in [0.717, 1.165) is 49.8 Å². The zero-order chi connectivity index (χ0) is 31.0. The van der Waals surface area contributed by atoms with E-state index in [-0.39, 0.29) is 12.5 Å². The zero-order valence-corrected chi connectivity index (χ0v) is 27.1. The summed E-state index contributed by atoms with van der Waals surface area (Å²) in [5.41, 5.74) is 1.71. The zero-order valence-electron chi connectivity index (χ0n) is 24.0. The van der Waals surface area contributed by atoms with E-state index in [1.807, 2.05) is 16.9 Å². The van der Waals surface area contributed by atoms with Crippen molar-refractivity contribution in [1.82, 2.24) is 9.88 Å². The van der Waals surface area contributed by atoms with Crippen LogP contribution in [-0.2, 0) is 28.3 Å². The first-order valence-electron chi connectivity index (χ1n) is 15.1. The van der Waals surface area contributed by atoms with Crippen molar-refractivity contribution >= 4 is 52.0 Å². The molecule has 6 rings (SSSR count). The Morgan fingerprint density at radius 2 is 1.70 bits per heavy atom. The molecule has 2 N–H and O–H groups in total. The lowest BCUT2D eigenvalue weighted by molar-refractivity contribution is -0.124. The predicted molar refractivity (Wildman–Crippen MR) is 168 cm³/mol. The number of aliphatic hydroxyl groups is 1. The molecule has 1 amide bonds. The van der Waals surface area contributed by atoms with Crippen LogP contribution in [0.15, 0.2) is 40.9 Å². The van der Waals surface area contributed by atoms with Gasteiger partial charge in [-0.25, -0.2) is 0 Å². The van der Waals surface area contributed by atoms with Crippen LogP contribution < -0.4 is 9.46 Å². The Hall–Kier alpha value is -2.14. The van der Waals surface area contributed by atoms with E-state index in [1.54, 1.807) is 24.3 Å². The minimum Gasteiger partial charge on any atom is -0.755 e. The Morgan fingerprint density at radius 3 is 2.32 bits per heavy atom. The van der Waals surface area contributed by atoms with Crippen molar-refractivity contribution in [3.63, 3.8) is 0 Å². The highest BCUT2D eigenvalue weighted by molar-refractivity contribution is 7.77. The normalized spacial score (nSPS) is 26.2. The van der Waals surface area contributed by atoms with Gasteiger partial charge >= 0.3 is 0 Å². The van der Waals surface area contributed by atoms with Gasteiger partial charge in [-0.2, -0.15) is 0 Å². The van der Waals surface area contributed by atoms with Gasteiger partial charge in [-0.3, -0.25) is 13.7 Å². The summed E-state index contributed by atoms with van der Waals surface area (Å²) in [6.07, 6.45) is 8.29. The number of benzene rings is 2. The highest BCUT2D eigenvalue weighted by Gasteiger charge is 2.48. The number of carbonyl (C=O) groups excluding carboxylic acids is 1. The summed E-state index contributed by atoms with van der Waals surface area (Å²) in [5.74, 6) is 1.81. The molecule has 0 radical (unpaired) electrons. The topological polar surface area (TPSA) is 125 Å². The molecule has 0 saturated heterocycles. The number of rotatable bonds is 9. The molecule has 1 unspecified atom stereocenters. The molecule has 1 atom stereocenters. The molecule has 3 fully saturated rings. The van der Waals surface area contributed by atoms with E-state index in [0.29, 0.717) is 81.1 Å². The SMILES string of the molecule is O=C(NS(=O)[O-])C1CCCC(C2CC(O)(c3ccc(OCc4c(-c5c(Cl)cccc5Cl)noc4C4CC4)cc3Cl)C2)CCC1. The maximum Gasteiger partial charge on any atom is 0.233 e. The van der Waals surface area contributed by atoms with Crippen LogP contribution in [0.5, 0.6) is 5.75 Å². The highest BCUT2D eigenvalue weighted by Crippen LogP contribution is 2.53. The van der Waals surface area contributed by atoms with Crippen molar-refractivity contribution in [2.24, 2.45) is 17.8 Å². The fourth-order valence-electron chi connectivity index (χ4n) is 6.97. The van der Waals surface area contributed by atoms with E-state index in [2.05, 4.69) is 5.16 Å². The molecule has 1 heterocycles. The molecule has 3 aliphatic rings. The summed E-state index contributed by atoms with van der Waals surface area (Å²) in [4.78, 5) is 12.1. The minimum absolute atomic E-state index is 0.202. The molecule has 0 aliphatic heterocycles. The molecular weight excluding hydrogens is 647 g/mol. The van der Waals surface area contributed by atoms with E-state index in [4.69, 9.17) is 44.1 Å². The Morgan fingerprint density at radius 1 is 1.02 bits per heavy atom. The van der Waals surface area contributed by atoms with E-state index in [1.165, 1.54) is 0 Å². The Labute approximate surface area is 274 Å². The third kappa shape index (κ3) is 6.83. The van der Waals surface area contributed by atoms with Crippen molar-refractivity contribution in [2.45, 2.75) is 82.3 Å². The van der Waals surface area contributed by atoms with Crippen molar-refractivity contribution in [3.05, 3.63) is 68.4 Å². The van der Waals surface area contributed by atoms with Gasteiger partial charge in [0.2, 0.25) is 5.91 Å². The Bertz CT molecular complexity index is 1520. The maximum atomic E-state index is 12.1. The van der Waals surface area contributed by atoms with Crippen LogP contribution in [-0.4, -0.2) is 24.9 Å². The number of nitrogens with zero attached hydrogens (tertiary/aromatic N) is 1. The second-order valence-electron chi connectivity index (χ2n) is 12.4. The van der Waals surface area contributed by atoms with Gasteiger partial charge in [-0.05, 0) is 74.6 Å². The molecule has 236 valence electrons. The number of hydrogen-bond donors (Lipinski definition) is 2. The van der Waals surface area contributed by atoms with Gasteiger partial charge in [0.05, 0.1) is 26.2 Å². The second kappa shape index (κ2) is 13.3.